The molecule has 4 nitrogen and oxygen atoms in total. The van der Waals surface area contributed by atoms with E-state index in [9.17, 15) is 8.42 Å². The number of hydrogen-bond acceptors (Lipinski definition) is 3. The Morgan fingerprint density at radius 2 is 1.93 bits per heavy atom. The first-order chi connectivity index (χ1) is 6.37. The summed E-state index contributed by atoms with van der Waals surface area (Å²) in [5, 5.41) is 0. The third-order valence-corrected chi connectivity index (χ3v) is 3.57. The minimum atomic E-state index is -3.05. The van der Waals surface area contributed by atoms with Gasteiger partial charge in [0.2, 0.25) is 10.0 Å². The van der Waals surface area contributed by atoms with Crippen LogP contribution in [-0.2, 0) is 10.0 Å². The molecule has 1 unspecified atom stereocenters. The smallest absolute Gasteiger partial charge is 0.211 e. The van der Waals surface area contributed by atoms with Crippen molar-refractivity contribution in [3.8, 4) is 0 Å². The fourth-order valence-electron chi connectivity index (χ4n) is 1.14. The van der Waals surface area contributed by atoms with Crippen molar-refractivity contribution in [1.82, 2.24) is 9.62 Å². The average Bonchev–Trinajstić information content (AvgIpc) is 1.99. The quantitative estimate of drug-likeness (QED) is 0.688. The van der Waals surface area contributed by atoms with Crippen LogP contribution >= 0.6 is 0 Å². The molecule has 0 aromatic rings. The third kappa shape index (κ3) is 7.29. The largest absolute Gasteiger partial charge is 0.309 e. The van der Waals surface area contributed by atoms with Crippen LogP contribution < -0.4 is 4.72 Å². The van der Waals surface area contributed by atoms with Crippen molar-refractivity contribution in [2.24, 2.45) is 0 Å². The zero-order chi connectivity index (χ0) is 11.2. The third-order valence-electron chi connectivity index (χ3n) is 1.86. The first-order valence-corrected chi connectivity index (χ1v) is 6.67. The van der Waals surface area contributed by atoms with Gasteiger partial charge < -0.3 is 4.90 Å². The molecule has 14 heavy (non-hydrogen) atoms. The highest BCUT2D eigenvalue weighted by atomic mass is 32.2. The van der Waals surface area contributed by atoms with Crippen LogP contribution in [0.5, 0.6) is 0 Å². The van der Waals surface area contributed by atoms with Crippen LogP contribution in [0.1, 0.15) is 26.7 Å². The van der Waals surface area contributed by atoms with E-state index in [0.717, 1.165) is 13.0 Å². The Labute approximate surface area is 87.7 Å². The van der Waals surface area contributed by atoms with E-state index < -0.39 is 10.0 Å². The molecule has 0 fully saturated rings. The molecule has 0 saturated carbocycles. The summed E-state index contributed by atoms with van der Waals surface area (Å²) in [6, 6.07) is 0.0222. The molecule has 0 saturated heterocycles. The van der Waals surface area contributed by atoms with E-state index in [1.807, 2.05) is 32.8 Å². The molecule has 5 heteroatoms. The zero-order valence-electron chi connectivity index (χ0n) is 9.58. The maximum Gasteiger partial charge on any atom is 0.211 e. The number of nitrogens with one attached hydrogen (secondary N) is 1. The highest BCUT2D eigenvalue weighted by Gasteiger charge is 2.12. The molecule has 0 aliphatic heterocycles. The van der Waals surface area contributed by atoms with Crippen molar-refractivity contribution >= 4 is 10.0 Å². The van der Waals surface area contributed by atoms with Crippen LogP contribution in [0, 0.1) is 0 Å². The molecule has 0 radical (unpaired) electrons. The number of rotatable bonds is 7. The molecule has 0 aliphatic rings. The van der Waals surface area contributed by atoms with Crippen molar-refractivity contribution in [2.45, 2.75) is 32.7 Å². The fourth-order valence-corrected chi connectivity index (χ4v) is 2.53. The molecule has 0 heterocycles. The molecule has 0 aliphatic carbocycles. The summed E-state index contributed by atoms with van der Waals surface area (Å²) in [4.78, 5) is 2.05. The van der Waals surface area contributed by atoms with Gasteiger partial charge in [0, 0.05) is 6.04 Å². The first kappa shape index (κ1) is 13.9. The van der Waals surface area contributed by atoms with Gasteiger partial charge in [-0.05, 0) is 40.4 Å². The Bertz CT molecular complexity index is 237. The van der Waals surface area contributed by atoms with Crippen LogP contribution in [0.2, 0.25) is 0 Å². The fraction of sp³-hybridized carbons (Fsp3) is 1.00. The summed E-state index contributed by atoms with van der Waals surface area (Å²) in [5.41, 5.74) is 0. The van der Waals surface area contributed by atoms with Crippen molar-refractivity contribution < 1.29 is 8.42 Å². The van der Waals surface area contributed by atoms with E-state index in [-0.39, 0.29) is 11.8 Å². The summed E-state index contributed by atoms with van der Waals surface area (Å²) in [6.07, 6.45) is 1.51. The first-order valence-electron chi connectivity index (χ1n) is 5.02. The highest BCUT2D eigenvalue weighted by molar-refractivity contribution is 7.89. The van der Waals surface area contributed by atoms with E-state index in [0.29, 0.717) is 6.42 Å². The molecular formula is C9H22N2O2S. The second-order valence-electron chi connectivity index (χ2n) is 3.93. The van der Waals surface area contributed by atoms with Crippen molar-refractivity contribution in [3.63, 3.8) is 0 Å². The Morgan fingerprint density at radius 3 is 2.36 bits per heavy atom. The predicted molar refractivity (Wildman–Crippen MR) is 59.8 cm³/mol. The summed E-state index contributed by atoms with van der Waals surface area (Å²) < 4.78 is 25.4. The molecule has 0 rings (SSSR count). The summed E-state index contributed by atoms with van der Waals surface area (Å²) in [7, 11) is 0.912. The van der Waals surface area contributed by atoms with E-state index in [1.54, 1.807) is 0 Å². The molecule has 86 valence electrons. The number of nitrogens with zero attached hydrogens (tertiary/aromatic N) is 1. The summed E-state index contributed by atoms with van der Waals surface area (Å²) >= 11 is 0. The van der Waals surface area contributed by atoms with Crippen LogP contribution in [0.4, 0.5) is 0 Å². The lowest BCUT2D eigenvalue weighted by atomic mass is 10.2. The maximum atomic E-state index is 11.4. The Morgan fingerprint density at radius 1 is 1.36 bits per heavy atom. The second kappa shape index (κ2) is 6.37. The molecular weight excluding hydrogens is 200 g/mol. The lowest BCUT2D eigenvalue weighted by Gasteiger charge is -2.16. The second-order valence-corrected chi connectivity index (χ2v) is 5.80. The Kier molecular flexibility index (Phi) is 6.31. The van der Waals surface area contributed by atoms with Crippen molar-refractivity contribution in [3.05, 3.63) is 0 Å². The van der Waals surface area contributed by atoms with Gasteiger partial charge in [0.15, 0.2) is 0 Å². The molecule has 0 aromatic carbocycles. The normalized spacial score (nSPS) is 14.6. The van der Waals surface area contributed by atoms with E-state index in [4.69, 9.17) is 0 Å². The van der Waals surface area contributed by atoms with Gasteiger partial charge in [-0.15, -0.1) is 0 Å². The van der Waals surface area contributed by atoms with Gasteiger partial charge in [-0.1, -0.05) is 6.92 Å². The van der Waals surface area contributed by atoms with E-state index in [2.05, 4.69) is 4.72 Å². The van der Waals surface area contributed by atoms with Gasteiger partial charge in [0.25, 0.3) is 0 Å². The molecule has 0 aromatic heterocycles. The van der Waals surface area contributed by atoms with Gasteiger partial charge in [-0.3, -0.25) is 0 Å². The van der Waals surface area contributed by atoms with Crippen molar-refractivity contribution in [2.75, 3.05) is 26.4 Å². The lowest BCUT2D eigenvalue weighted by molar-refractivity contribution is 0.379. The van der Waals surface area contributed by atoms with Crippen LogP contribution in [0.3, 0.4) is 0 Å². The SMILES string of the molecule is CCCS(=O)(=O)NC(C)CCN(C)C. The van der Waals surface area contributed by atoms with Crippen molar-refractivity contribution in [1.29, 1.82) is 0 Å². The van der Waals surface area contributed by atoms with E-state index in [1.165, 1.54) is 0 Å². The minimum Gasteiger partial charge on any atom is -0.309 e. The average molecular weight is 222 g/mol. The molecule has 0 bridgehead atoms. The van der Waals surface area contributed by atoms with Crippen LogP contribution in [0.25, 0.3) is 0 Å². The summed E-state index contributed by atoms with van der Waals surface area (Å²) in [5.74, 6) is 0.222. The summed E-state index contributed by atoms with van der Waals surface area (Å²) in [6.45, 7) is 4.66. The molecule has 0 spiro atoms. The molecule has 1 atom stereocenters. The van der Waals surface area contributed by atoms with Crippen LogP contribution in [-0.4, -0.2) is 45.8 Å². The lowest BCUT2D eigenvalue weighted by Crippen LogP contribution is -2.36. The molecule has 0 amide bonds. The monoisotopic (exact) mass is 222 g/mol. The maximum absolute atomic E-state index is 11.4. The van der Waals surface area contributed by atoms with Crippen LogP contribution in [0.15, 0.2) is 0 Å². The number of hydrogen-bond donors (Lipinski definition) is 1. The molecule has 1 N–H and O–H groups in total. The van der Waals surface area contributed by atoms with Gasteiger partial charge in [-0.2, -0.15) is 0 Å². The van der Waals surface area contributed by atoms with Gasteiger partial charge in [0.05, 0.1) is 5.75 Å². The van der Waals surface area contributed by atoms with Gasteiger partial charge >= 0.3 is 0 Å². The van der Waals surface area contributed by atoms with Gasteiger partial charge in [-0.25, -0.2) is 13.1 Å². The Balaban J connectivity index is 3.87. The standard InChI is InChI=1S/C9H22N2O2S/c1-5-8-14(12,13)10-9(2)6-7-11(3)4/h9-10H,5-8H2,1-4H3. The predicted octanol–water partition coefficient (Wildman–Crippen LogP) is 0.656. The topological polar surface area (TPSA) is 49.4 Å². The highest BCUT2D eigenvalue weighted by Crippen LogP contribution is 1.97. The minimum absolute atomic E-state index is 0.0222. The zero-order valence-corrected chi connectivity index (χ0v) is 10.4. The van der Waals surface area contributed by atoms with E-state index >= 15 is 0 Å². The van der Waals surface area contributed by atoms with Gasteiger partial charge in [0.1, 0.15) is 0 Å². The number of sulfonamides is 1. The Hall–Kier alpha value is -0.130.